The number of aromatic amines is 1. The van der Waals surface area contributed by atoms with Crippen molar-refractivity contribution in [3.05, 3.63) is 35.7 Å². The van der Waals surface area contributed by atoms with E-state index in [-0.39, 0.29) is 19.1 Å². The van der Waals surface area contributed by atoms with Crippen LogP contribution in [-0.2, 0) is 11.3 Å². The Morgan fingerprint density at radius 3 is 3.05 bits per heavy atom. The molecule has 2 aromatic rings. The number of amides is 1. The van der Waals surface area contributed by atoms with Gasteiger partial charge in [0.2, 0.25) is 0 Å². The van der Waals surface area contributed by atoms with Gasteiger partial charge >= 0.3 is 0 Å². The molecule has 0 bridgehead atoms. The summed E-state index contributed by atoms with van der Waals surface area (Å²) in [7, 11) is 0. The zero-order valence-electron chi connectivity index (χ0n) is 9.83. The van der Waals surface area contributed by atoms with E-state index in [0.717, 1.165) is 0 Å². The Morgan fingerprint density at radius 2 is 2.32 bits per heavy atom. The molecule has 2 rings (SSSR count). The van der Waals surface area contributed by atoms with Crippen LogP contribution in [0.5, 0.6) is 5.75 Å². The number of H-pyrrole nitrogens is 1. The monoisotopic (exact) mass is 258 g/mol. The Bertz CT molecular complexity index is 589. The highest BCUT2D eigenvalue weighted by molar-refractivity contribution is 5.77. The zero-order valence-corrected chi connectivity index (χ0v) is 9.83. The third-order valence-electron chi connectivity index (χ3n) is 2.20. The Morgan fingerprint density at radius 1 is 1.47 bits per heavy atom. The first-order chi connectivity index (χ1) is 9.29. The van der Waals surface area contributed by atoms with Crippen LogP contribution in [-0.4, -0.2) is 33.1 Å². The van der Waals surface area contributed by atoms with E-state index >= 15 is 0 Å². The Kier molecular flexibility index (Phi) is 4.02. The molecule has 0 radical (unpaired) electrons. The largest absolute Gasteiger partial charge is 0.482 e. The normalized spacial score (nSPS) is 9.63. The van der Waals surface area contributed by atoms with Gasteiger partial charge in [0.05, 0.1) is 12.1 Å². The van der Waals surface area contributed by atoms with Crippen LogP contribution >= 0.6 is 0 Å². The number of para-hydroxylation sites is 1. The number of aromatic nitrogens is 4. The Hall–Kier alpha value is -2.95. The van der Waals surface area contributed by atoms with Gasteiger partial charge in [0, 0.05) is 0 Å². The lowest BCUT2D eigenvalue weighted by atomic mass is 10.2. The minimum Gasteiger partial charge on any atom is -0.482 e. The maximum absolute atomic E-state index is 11.5. The number of carbonyl (C=O) groups is 1. The molecule has 19 heavy (non-hydrogen) atoms. The number of nitrogens with one attached hydrogen (secondary N) is 2. The van der Waals surface area contributed by atoms with Gasteiger partial charge in [0.1, 0.15) is 11.8 Å². The van der Waals surface area contributed by atoms with Crippen molar-refractivity contribution < 1.29 is 9.53 Å². The average molecular weight is 258 g/mol. The van der Waals surface area contributed by atoms with Crippen LogP contribution in [0.15, 0.2) is 24.3 Å². The molecule has 0 atom stereocenters. The molecule has 8 nitrogen and oxygen atoms in total. The predicted octanol–water partition coefficient (Wildman–Crippen LogP) is -0.233. The highest BCUT2D eigenvalue weighted by Gasteiger charge is 2.07. The van der Waals surface area contributed by atoms with Crippen molar-refractivity contribution in [2.75, 3.05) is 6.61 Å². The molecule has 0 fully saturated rings. The van der Waals surface area contributed by atoms with Crippen molar-refractivity contribution in [2.45, 2.75) is 6.54 Å². The van der Waals surface area contributed by atoms with Crippen LogP contribution in [0.4, 0.5) is 0 Å². The fraction of sp³-hybridized carbons (Fsp3) is 0.182. The van der Waals surface area contributed by atoms with E-state index in [2.05, 4.69) is 25.9 Å². The minimum atomic E-state index is -0.336. The first kappa shape index (κ1) is 12.5. The maximum Gasteiger partial charge on any atom is 0.258 e. The summed E-state index contributed by atoms with van der Waals surface area (Å²) in [5.74, 6) is 0.419. The molecule has 0 saturated carbocycles. The molecule has 0 saturated heterocycles. The molecule has 0 unspecified atom stereocenters. The summed E-state index contributed by atoms with van der Waals surface area (Å²) in [6.07, 6.45) is 0. The number of carbonyl (C=O) groups excluding carboxylic acids is 1. The van der Waals surface area contributed by atoms with Gasteiger partial charge in [-0.2, -0.15) is 10.5 Å². The molecule has 0 aliphatic rings. The van der Waals surface area contributed by atoms with Crippen LogP contribution in [0.1, 0.15) is 11.4 Å². The van der Waals surface area contributed by atoms with Crippen LogP contribution in [0.2, 0.25) is 0 Å². The molecule has 1 amide bonds. The molecule has 0 spiro atoms. The smallest absolute Gasteiger partial charge is 0.258 e. The number of hydrogen-bond donors (Lipinski definition) is 2. The number of rotatable bonds is 5. The number of nitrogens with zero attached hydrogens (tertiary/aromatic N) is 4. The summed E-state index contributed by atoms with van der Waals surface area (Å²) in [6.45, 7) is -0.0187. The van der Waals surface area contributed by atoms with E-state index < -0.39 is 0 Å². The summed E-state index contributed by atoms with van der Waals surface area (Å²) >= 11 is 0. The summed E-state index contributed by atoms with van der Waals surface area (Å²) in [4.78, 5) is 11.5. The van der Waals surface area contributed by atoms with Gasteiger partial charge in [-0.15, -0.1) is 10.2 Å². The summed E-state index contributed by atoms with van der Waals surface area (Å²) < 4.78 is 5.26. The van der Waals surface area contributed by atoms with E-state index in [0.29, 0.717) is 17.1 Å². The molecule has 2 N–H and O–H groups in total. The molecule has 0 aliphatic heterocycles. The zero-order chi connectivity index (χ0) is 13.5. The fourth-order valence-electron chi connectivity index (χ4n) is 1.31. The Labute approximate surface area is 108 Å². The van der Waals surface area contributed by atoms with Gasteiger partial charge in [-0.05, 0) is 12.1 Å². The van der Waals surface area contributed by atoms with Crippen molar-refractivity contribution in [3.63, 3.8) is 0 Å². The van der Waals surface area contributed by atoms with Gasteiger partial charge in [-0.1, -0.05) is 17.3 Å². The third kappa shape index (κ3) is 3.50. The first-order valence-electron chi connectivity index (χ1n) is 5.40. The first-order valence-corrected chi connectivity index (χ1v) is 5.40. The molecule has 8 heteroatoms. The quantitative estimate of drug-likeness (QED) is 0.764. The van der Waals surface area contributed by atoms with Gasteiger partial charge in [-0.3, -0.25) is 4.79 Å². The predicted molar refractivity (Wildman–Crippen MR) is 62.7 cm³/mol. The molecule has 1 heterocycles. The average Bonchev–Trinajstić information content (AvgIpc) is 2.96. The molecule has 96 valence electrons. The van der Waals surface area contributed by atoms with E-state index in [1.807, 2.05) is 6.07 Å². The van der Waals surface area contributed by atoms with Crippen LogP contribution < -0.4 is 10.1 Å². The fourth-order valence-corrected chi connectivity index (χ4v) is 1.31. The van der Waals surface area contributed by atoms with Gasteiger partial charge in [0.25, 0.3) is 5.91 Å². The second-order valence-electron chi connectivity index (χ2n) is 3.50. The van der Waals surface area contributed by atoms with Crippen LogP contribution in [0.25, 0.3) is 0 Å². The van der Waals surface area contributed by atoms with E-state index in [4.69, 9.17) is 10.00 Å². The van der Waals surface area contributed by atoms with Crippen molar-refractivity contribution in [1.82, 2.24) is 25.9 Å². The van der Waals surface area contributed by atoms with Crippen LogP contribution in [0, 0.1) is 11.3 Å². The molecule has 0 aliphatic carbocycles. The standard InChI is InChI=1S/C11H10N6O2/c12-5-8-3-1-2-4-9(8)19-7-11(18)13-6-10-14-16-17-15-10/h1-4H,6-7H2,(H,13,18)(H,14,15,16,17). The molecule has 1 aromatic carbocycles. The van der Waals surface area contributed by atoms with E-state index in [1.54, 1.807) is 24.3 Å². The van der Waals surface area contributed by atoms with Crippen molar-refractivity contribution in [2.24, 2.45) is 0 Å². The maximum atomic E-state index is 11.5. The second kappa shape index (κ2) is 6.11. The van der Waals surface area contributed by atoms with Crippen molar-refractivity contribution in [1.29, 1.82) is 5.26 Å². The van der Waals surface area contributed by atoms with E-state index in [9.17, 15) is 4.79 Å². The lowest BCUT2D eigenvalue weighted by Crippen LogP contribution is -2.28. The second-order valence-corrected chi connectivity index (χ2v) is 3.50. The highest BCUT2D eigenvalue weighted by atomic mass is 16.5. The number of nitriles is 1. The highest BCUT2D eigenvalue weighted by Crippen LogP contribution is 2.15. The van der Waals surface area contributed by atoms with Crippen molar-refractivity contribution in [3.8, 4) is 11.8 Å². The van der Waals surface area contributed by atoms with Gasteiger partial charge < -0.3 is 10.1 Å². The lowest BCUT2D eigenvalue weighted by molar-refractivity contribution is -0.123. The number of tetrazole rings is 1. The van der Waals surface area contributed by atoms with Crippen LogP contribution in [0.3, 0.4) is 0 Å². The Balaban J connectivity index is 1.82. The van der Waals surface area contributed by atoms with Gasteiger partial charge in [-0.25, -0.2) is 0 Å². The lowest BCUT2D eigenvalue weighted by Gasteiger charge is -2.07. The topological polar surface area (TPSA) is 117 Å². The minimum absolute atomic E-state index is 0.165. The van der Waals surface area contributed by atoms with Crippen molar-refractivity contribution >= 4 is 5.91 Å². The SMILES string of the molecule is N#Cc1ccccc1OCC(=O)NCc1nn[nH]n1. The number of benzene rings is 1. The summed E-state index contributed by atoms with van der Waals surface area (Å²) in [5.41, 5.74) is 0.383. The third-order valence-corrected chi connectivity index (χ3v) is 2.20. The molecule has 1 aromatic heterocycles. The summed E-state index contributed by atoms with van der Waals surface area (Å²) in [5, 5.41) is 24.4. The summed E-state index contributed by atoms with van der Waals surface area (Å²) in [6, 6.07) is 8.69. The molecular formula is C11H10N6O2. The number of hydrogen-bond acceptors (Lipinski definition) is 6. The van der Waals surface area contributed by atoms with E-state index in [1.165, 1.54) is 0 Å². The number of ether oxygens (including phenoxy) is 1. The van der Waals surface area contributed by atoms with Gasteiger partial charge in [0.15, 0.2) is 12.4 Å². The molecular weight excluding hydrogens is 248 g/mol.